The Bertz CT molecular complexity index is 894. The van der Waals surface area contributed by atoms with Crippen LogP contribution in [0.15, 0.2) is 53.1 Å². The molecule has 26 heavy (non-hydrogen) atoms. The van der Waals surface area contributed by atoms with Crippen LogP contribution >= 0.6 is 0 Å². The zero-order valence-electron chi connectivity index (χ0n) is 13.7. The lowest BCUT2D eigenvalue weighted by molar-refractivity contribution is 0.0946. The van der Waals surface area contributed by atoms with E-state index in [2.05, 4.69) is 15.5 Å². The van der Waals surface area contributed by atoms with Crippen LogP contribution in [-0.2, 0) is 0 Å². The van der Waals surface area contributed by atoms with Crippen LogP contribution < -0.4 is 19.5 Å². The van der Waals surface area contributed by atoms with E-state index in [4.69, 9.17) is 18.6 Å². The summed E-state index contributed by atoms with van der Waals surface area (Å²) in [6.07, 6.45) is 1.57. The second-order valence-electron chi connectivity index (χ2n) is 5.41. The van der Waals surface area contributed by atoms with Gasteiger partial charge in [-0.3, -0.25) is 4.79 Å². The highest BCUT2D eigenvalue weighted by atomic mass is 16.7. The van der Waals surface area contributed by atoms with Crippen LogP contribution in [-0.4, -0.2) is 36.0 Å². The first-order valence-electron chi connectivity index (χ1n) is 7.98. The Labute approximate surface area is 148 Å². The summed E-state index contributed by atoms with van der Waals surface area (Å²) in [5.41, 5.74) is 1.12. The van der Waals surface area contributed by atoms with E-state index < -0.39 is 0 Å². The standard InChI is InChI=1S/C18H15N3O5/c22-18(12-3-5-15-16(10-12)26-11-25-15)19-7-9-24-17-6-4-13(20-21-17)14-2-1-8-23-14/h1-6,8,10H,7,9,11H2,(H,19,22). The van der Waals surface area contributed by atoms with Gasteiger partial charge in [0.2, 0.25) is 12.7 Å². The molecule has 1 aromatic carbocycles. The van der Waals surface area contributed by atoms with E-state index in [0.29, 0.717) is 40.9 Å². The molecular formula is C18H15N3O5. The molecule has 0 saturated heterocycles. The molecule has 8 heteroatoms. The van der Waals surface area contributed by atoms with E-state index in [0.717, 1.165) is 0 Å². The van der Waals surface area contributed by atoms with Gasteiger partial charge in [0.15, 0.2) is 17.3 Å². The molecule has 2 aromatic heterocycles. The molecular weight excluding hydrogens is 338 g/mol. The Morgan fingerprint density at radius 3 is 2.85 bits per heavy atom. The van der Waals surface area contributed by atoms with Crippen LogP contribution in [0.25, 0.3) is 11.5 Å². The zero-order valence-corrected chi connectivity index (χ0v) is 13.7. The fourth-order valence-electron chi connectivity index (χ4n) is 2.41. The van der Waals surface area contributed by atoms with Crippen molar-refractivity contribution >= 4 is 5.91 Å². The predicted octanol–water partition coefficient (Wildman–Crippen LogP) is 2.27. The Morgan fingerprint density at radius 2 is 2.04 bits per heavy atom. The number of carbonyl (C=O) groups excluding carboxylic acids is 1. The molecule has 8 nitrogen and oxygen atoms in total. The molecule has 1 N–H and O–H groups in total. The van der Waals surface area contributed by atoms with Crippen molar-refractivity contribution in [2.45, 2.75) is 0 Å². The first kappa shape index (κ1) is 15.9. The van der Waals surface area contributed by atoms with Gasteiger partial charge < -0.3 is 23.9 Å². The summed E-state index contributed by atoms with van der Waals surface area (Å²) in [6.45, 7) is 0.772. The minimum atomic E-state index is -0.217. The molecule has 0 bridgehead atoms. The normalized spacial score (nSPS) is 12.0. The van der Waals surface area contributed by atoms with Crippen molar-refractivity contribution in [3.8, 4) is 28.8 Å². The average molecular weight is 353 g/mol. The van der Waals surface area contributed by atoms with Crippen LogP contribution in [0.5, 0.6) is 17.4 Å². The highest BCUT2D eigenvalue weighted by Crippen LogP contribution is 2.32. The molecule has 1 amide bonds. The van der Waals surface area contributed by atoms with Gasteiger partial charge in [-0.2, -0.15) is 0 Å². The third kappa shape index (κ3) is 3.44. The average Bonchev–Trinajstić information content (AvgIpc) is 3.36. The van der Waals surface area contributed by atoms with Gasteiger partial charge in [0.05, 0.1) is 12.8 Å². The predicted molar refractivity (Wildman–Crippen MR) is 90.1 cm³/mol. The first-order chi connectivity index (χ1) is 12.8. The highest BCUT2D eigenvalue weighted by molar-refractivity contribution is 5.94. The van der Waals surface area contributed by atoms with Crippen LogP contribution in [0.4, 0.5) is 0 Å². The molecule has 0 unspecified atom stereocenters. The summed E-state index contributed by atoms with van der Waals surface area (Å²) < 4.78 is 21.2. The van der Waals surface area contributed by atoms with Crippen LogP contribution in [0, 0.1) is 0 Å². The van der Waals surface area contributed by atoms with Gasteiger partial charge in [-0.15, -0.1) is 10.2 Å². The number of amides is 1. The van der Waals surface area contributed by atoms with Crippen molar-refractivity contribution in [2.24, 2.45) is 0 Å². The quantitative estimate of drug-likeness (QED) is 0.679. The molecule has 0 saturated carbocycles. The number of carbonyl (C=O) groups is 1. The Morgan fingerprint density at radius 1 is 1.12 bits per heavy atom. The third-order valence-electron chi connectivity index (χ3n) is 3.69. The number of benzene rings is 1. The Kier molecular flexibility index (Phi) is 4.38. The van der Waals surface area contributed by atoms with Gasteiger partial charge in [-0.05, 0) is 36.4 Å². The van der Waals surface area contributed by atoms with E-state index in [1.807, 2.05) is 0 Å². The number of hydrogen-bond acceptors (Lipinski definition) is 7. The zero-order chi connectivity index (χ0) is 17.8. The Balaban J connectivity index is 1.25. The van der Waals surface area contributed by atoms with Gasteiger partial charge in [-0.1, -0.05) is 0 Å². The number of nitrogens with zero attached hydrogens (tertiary/aromatic N) is 2. The summed E-state index contributed by atoms with van der Waals surface area (Å²) in [5, 5.41) is 10.8. The minimum absolute atomic E-state index is 0.175. The molecule has 0 atom stereocenters. The number of furan rings is 1. The van der Waals surface area contributed by atoms with E-state index in [1.54, 1.807) is 48.7 Å². The lowest BCUT2D eigenvalue weighted by Gasteiger charge is -2.07. The molecule has 132 valence electrons. The van der Waals surface area contributed by atoms with Crippen LogP contribution in [0.1, 0.15) is 10.4 Å². The summed E-state index contributed by atoms with van der Waals surface area (Å²) >= 11 is 0. The summed E-state index contributed by atoms with van der Waals surface area (Å²) in [6, 6.07) is 12.1. The Hall–Kier alpha value is -3.55. The third-order valence-corrected chi connectivity index (χ3v) is 3.69. The van der Waals surface area contributed by atoms with Gasteiger partial charge in [-0.25, -0.2) is 0 Å². The monoisotopic (exact) mass is 353 g/mol. The maximum atomic E-state index is 12.1. The van der Waals surface area contributed by atoms with E-state index in [9.17, 15) is 4.79 Å². The van der Waals surface area contributed by atoms with E-state index in [-0.39, 0.29) is 19.3 Å². The fourth-order valence-corrected chi connectivity index (χ4v) is 2.41. The molecule has 1 aliphatic rings. The maximum absolute atomic E-state index is 12.1. The SMILES string of the molecule is O=C(NCCOc1ccc(-c2ccco2)nn1)c1ccc2c(c1)OCO2. The lowest BCUT2D eigenvalue weighted by Crippen LogP contribution is -2.28. The molecule has 0 aliphatic carbocycles. The first-order valence-corrected chi connectivity index (χ1v) is 7.98. The van der Waals surface area contributed by atoms with Gasteiger partial charge >= 0.3 is 0 Å². The molecule has 4 rings (SSSR count). The van der Waals surface area contributed by atoms with E-state index >= 15 is 0 Å². The van der Waals surface area contributed by atoms with Crippen molar-refractivity contribution in [1.82, 2.24) is 15.5 Å². The van der Waals surface area contributed by atoms with Crippen LogP contribution in [0.3, 0.4) is 0 Å². The van der Waals surface area contributed by atoms with E-state index in [1.165, 1.54) is 0 Å². The van der Waals surface area contributed by atoms with Crippen molar-refractivity contribution in [2.75, 3.05) is 19.9 Å². The second-order valence-corrected chi connectivity index (χ2v) is 5.41. The smallest absolute Gasteiger partial charge is 0.251 e. The highest BCUT2D eigenvalue weighted by Gasteiger charge is 2.16. The van der Waals surface area contributed by atoms with Crippen molar-refractivity contribution in [3.63, 3.8) is 0 Å². The number of hydrogen-bond donors (Lipinski definition) is 1. The second kappa shape index (κ2) is 7.14. The fraction of sp³-hybridized carbons (Fsp3) is 0.167. The minimum Gasteiger partial charge on any atom is -0.475 e. The molecule has 0 radical (unpaired) electrons. The number of fused-ring (bicyclic) bond motifs is 1. The topological polar surface area (TPSA) is 95.7 Å². The van der Waals surface area contributed by atoms with Crippen molar-refractivity contribution in [3.05, 3.63) is 54.3 Å². The molecule has 1 aliphatic heterocycles. The maximum Gasteiger partial charge on any atom is 0.251 e. The number of ether oxygens (including phenoxy) is 3. The number of aromatic nitrogens is 2. The lowest BCUT2D eigenvalue weighted by atomic mass is 10.2. The van der Waals surface area contributed by atoms with Crippen LogP contribution in [0.2, 0.25) is 0 Å². The summed E-state index contributed by atoms with van der Waals surface area (Å²) in [7, 11) is 0. The van der Waals surface area contributed by atoms with Gasteiger partial charge in [0.1, 0.15) is 12.3 Å². The van der Waals surface area contributed by atoms with Crippen molar-refractivity contribution in [1.29, 1.82) is 0 Å². The van der Waals surface area contributed by atoms with Crippen molar-refractivity contribution < 1.29 is 23.4 Å². The number of rotatable bonds is 6. The molecule has 0 spiro atoms. The molecule has 3 aromatic rings. The molecule has 3 heterocycles. The van der Waals surface area contributed by atoms with Gasteiger partial charge in [0, 0.05) is 11.6 Å². The molecule has 0 fully saturated rings. The largest absolute Gasteiger partial charge is 0.475 e. The number of nitrogens with one attached hydrogen (secondary N) is 1. The van der Waals surface area contributed by atoms with Gasteiger partial charge in [0.25, 0.3) is 5.91 Å². The summed E-state index contributed by atoms with van der Waals surface area (Å²) in [4.78, 5) is 12.1. The summed E-state index contributed by atoms with van der Waals surface area (Å²) in [5.74, 6) is 2.01.